The van der Waals surface area contributed by atoms with Crippen LogP contribution in [0.15, 0.2) is 15.3 Å². The van der Waals surface area contributed by atoms with Crippen molar-refractivity contribution in [3.8, 4) is 0 Å². The van der Waals surface area contributed by atoms with E-state index in [0.29, 0.717) is 24.1 Å². The molecule has 6 nitrogen and oxygen atoms in total. The summed E-state index contributed by atoms with van der Waals surface area (Å²) in [4.78, 5) is 22.2. The van der Waals surface area contributed by atoms with Crippen LogP contribution in [0.2, 0.25) is 0 Å². The van der Waals surface area contributed by atoms with Crippen molar-refractivity contribution in [3.05, 3.63) is 39.6 Å². The number of rotatable bonds is 3. The molecule has 2 aromatic heterocycles. The Kier molecular flexibility index (Phi) is 2.95. The topological polar surface area (TPSA) is 83.8 Å². The fourth-order valence-corrected chi connectivity index (χ4v) is 1.45. The molecule has 0 aromatic carbocycles. The van der Waals surface area contributed by atoms with Crippen LogP contribution in [0, 0.1) is 20.8 Å². The predicted octanol–water partition coefficient (Wildman–Crippen LogP) is 1.30. The first-order chi connectivity index (χ1) is 8.04. The molecule has 2 heterocycles. The van der Waals surface area contributed by atoms with E-state index in [1.807, 2.05) is 13.8 Å². The Bertz CT molecular complexity index is 566. The summed E-state index contributed by atoms with van der Waals surface area (Å²) in [5.41, 5.74) is 0.691. The van der Waals surface area contributed by atoms with Crippen molar-refractivity contribution < 1.29 is 4.42 Å². The fourth-order valence-electron chi connectivity index (χ4n) is 1.45. The zero-order chi connectivity index (χ0) is 12.4. The minimum absolute atomic E-state index is 0.181. The lowest BCUT2D eigenvalue weighted by Gasteiger charge is -2.02. The van der Waals surface area contributed by atoms with Crippen LogP contribution in [0.4, 0.5) is 5.82 Å². The van der Waals surface area contributed by atoms with Crippen LogP contribution >= 0.6 is 0 Å². The summed E-state index contributed by atoms with van der Waals surface area (Å²) in [5, 5.41) is 3.00. The Hall–Kier alpha value is -2.11. The molecule has 2 aromatic rings. The van der Waals surface area contributed by atoms with Crippen molar-refractivity contribution in [1.82, 2.24) is 15.0 Å². The highest BCUT2D eigenvalue weighted by Crippen LogP contribution is 2.09. The molecule has 0 saturated heterocycles. The average Bonchev–Trinajstić information content (AvgIpc) is 2.54. The van der Waals surface area contributed by atoms with Crippen molar-refractivity contribution in [2.24, 2.45) is 0 Å². The van der Waals surface area contributed by atoms with Gasteiger partial charge >= 0.3 is 0 Å². The normalized spacial score (nSPS) is 10.5. The smallest absolute Gasteiger partial charge is 0.252 e. The molecule has 0 aliphatic heterocycles. The lowest BCUT2D eigenvalue weighted by molar-refractivity contribution is 0.478. The number of aromatic nitrogens is 3. The summed E-state index contributed by atoms with van der Waals surface area (Å²) in [6.45, 7) is 5.88. The van der Waals surface area contributed by atoms with Gasteiger partial charge in [-0.3, -0.25) is 4.79 Å². The maximum Gasteiger partial charge on any atom is 0.252 e. The number of nitrogens with zero attached hydrogens (tertiary/aromatic N) is 2. The Morgan fingerprint density at radius 2 is 2.12 bits per heavy atom. The standard InChI is InChI=1S/C11H14N4O2/c1-6-7(2)17-11(13-6)5-12-9-4-10(16)15-8(3)14-9/h4H,5H2,1-3H3,(H2,12,14,15,16). The SMILES string of the molecule is Cc1nc(NCc2nc(C)c(C)o2)cc(=O)[nH]1. The Balaban J connectivity index is 2.09. The van der Waals surface area contributed by atoms with E-state index in [0.717, 1.165) is 11.5 Å². The molecule has 0 bridgehead atoms. The monoisotopic (exact) mass is 234 g/mol. The molecule has 6 heteroatoms. The van der Waals surface area contributed by atoms with Crippen molar-refractivity contribution >= 4 is 5.82 Å². The number of aromatic amines is 1. The van der Waals surface area contributed by atoms with Crippen LogP contribution in [0.5, 0.6) is 0 Å². The van der Waals surface area contributed by atoms with Crippen LogP contribution in [0.25, 0.3) is 0 Å². The maximum atomic E-state index is 11.2. The third kappa shape index (κ3) is 2.72. The summed E-state index contributed by atoms with van der Waals surface area (Å²) in [7, 11) is 0. The second kappa shape index (κ2) is 4.40. The van der Waals surface area contributed by atoms with Crippen LogP contribution in [0.1, 0.15) is 23.2 Å². The molecule has 90 valence electrons. The van der Waals surface area contributed by atoms with Gasteiger partial charge in [0.15, 0.2) is 0 Å². The molecule has 0 radical (unpaired) electrons. The lowest BCUT2D eigenvalue weighted by Crippen LogP contribution is -2.11. The molecule has 0 spiro atoms. The van der Waals surface area contributed by atoms with E-state index >= 15 is 0 Å². The van der Waals surface area contributed by atoms with E-state index in [4.69, 9.17) is 4.42 Å². The summed E-state index contributed by atoms with van der Waals surface area (Å²) in [5.74, 6) is 2.47. The number of hydrogen-bond acceptors (Lipinski definition) is 5. The highest BCUT2D eigenvalue weighted by atomic mass is 16.4. The second-order valence-electron chi connectivity index (χ2n) is 3.82. The van der Waals surface area contributed by atoms with Gasteiger partial charge in [-0.15, -0.1) is 0 Å². The van der Waals surface area contributed by atoms with Gasteiger partial charge in [0.1, 0.15) is 17.4 Å². The molecule has 0 aliphatic carbocycles. The van der Waals surface area contributed by atoms with Crippen LogP contribution in [-0.2, 0) is 6.54 Å². The minimum atomic E-state index is -0.181. The number of H-pyrrole nitrogens is 1. The zero-order valence-electron chi connectivity index (χ0n) is 10.00. The number of hydrogen-bond donors (Lipinski definition) is 2. The molecule has 0 atom stereocenters. The van der Waals surface area contributed by atoms with Crippen molar-refractivity contribution in [2.75, 3.05) is 5.32 Å². The van der Waals surface area contributed by atoms with E-state index in [1.54, 1.807) is 6.92 Å². The second-order valence-corrected chi connectivity index (χ2v) is 3.82. The first-order valence-electron chi connectivity index (χ1n) is 5.29. The molecule has 0 saturated carbocycles. The van der Waals surface area contributed by atoms with Crippen LogP contribution < -0.4 is 10.9 Å². The van der Waals surface area contributed by atoms with E-state index in [9.17, 15) is 4.79 Å². The van der Waals surface area contributed by atoms with Crippen molar-refractivity contribution in [1.29, 1.82) is 0 Å². The number of aryl methyl sites for hydroxylation is 3. The number of nitrogens with one attached hydrogen (secondary N) is 2. The summed E-state index contributed by atoms with van der Waals surface area (Å²) >= 11 is 0. The summed E-state index contributed by atoms with van der Waals surface area (Å²) < 4.78 is 5.41. The highest BCUT2D eigenvalue weighted by Gasteiger charge is 2.05. The summed E-state index contributed by atoms with van der Waals surface area (Å²) in [6, 6.07) is 1.40. The molecule has 0 unspecified atom stereocenters. The number of anilines is 1. The lowest BCUT2D eigenvalue weighted by atomic mass is 10.4. The molecular weight excluding hydrogens is 220 g/mol. The van der Waals surface area contributed by atoms with Gasteiger partial charge < -0.3 is 14.7 Å². The van der Waals surface area contributed by atoms with Crippen LogP contribution in [0.3, 0.4) is 0 Å². The van der Waals surface area contributed by atoms with Gasteiger partial charge in [-0.25, -0.2) is 9.97 Å². The van der Waals surface area contributed by atoms with Gasteiger partial charge in [0.05, 0.1) is 12.2 Å². The average molecular weight is 234 g/mol. The zero-order valence-corrected chi connectivity index (χ0v) is 10.00. The number of oxazole rings is 1. The Morgan fingerprint density at radius 3 is 2.71 bits per heavy atom. The molecule has 2 rings (SSSR count). The molecule has 0 fully saturated rings. The first kappa shape index (κ1) is 11.4. The van der Waals surface area contributed by atoms with Gasteiger partial charge in [0.2, 0.25) is 5.89 Å². The van der Waals surface area contributed by atoms with E-state index < -0.39 is 0 Å². The fraction of sp³-hybridized carbons (Fsp3) is 0.364. The molecule has 17 heavy (non-hydrogen) atoms. The molecule has 0 aliphatic rings. The van der Waals surface area contributed by atoms with Gasteiger partial charge in [-0.2, -0.15) is 0 Å². The maximum absolute atomic E-state index is 11.2. The quantitative estimate of drug-likeness (QED) is 0.836. The van der Waals surface area contributed by atoms with Crippen LogP contribution in [-0.4, -0.2) is 15.0 Å². The third-order valence-corrected chi connectivity index (χ3v) is 2.35. The van der Waals surface area contributed by atoms with E-state index in [-0.39, 0.29) is 5.56 Å². The van der Waals surface area contributed by atoms with Crippen molar-refractivity contribution in [3.63, 3.8) is 0 Å². The van der Waals surface area contributed by atoms with Crippen molar-refractivity contribution in [2.45, 2.75) is 27.3 Å². The minimum Gasteiger partial charge on any atom is -0.444 e. The van der Waals surface area contributed by atoms with E-state index in [1.165, 1.54) is 6.07 Å². The van der Waals surface area contributed by atoms with Gasteiger partial charge in [-0.1, -0.05) is 0 Å². The molecular formula is C11H14N4O2. The molecule has 2 N–H and O–H groups in total. The van der Waals surface area contributed by atoms with Gasteiger partial charge in [0.25, 0.3) is 5.56 Å². The highest BCUT2D eigenvalue weighted by molar-refractivity contribution is 5.32. The Labute approximate surface area is 98.1 Å². The van der Waals surface area contributed by atoms with E-state index in [2.05, 4.69) is 20.3 Å². The third-order valence-electron chi connectivity index (χ3n) is 2.35. The Morgan fingerprint density at radius 1 is 1.35 bits per heavy atom. The first-order valence-corrected chi connectivity index (χ1v) is 5.29. The van der Waals surface area contributed by atoms with Gasteiger partial charge in [-0.05, 0) is 20.8 Å². The van der Waals surface area contributed by atoms with Gasteiger partial charge in [0, 0.05) is 6.07 Å². The largest absolute Gasteiger partial charge is 0.444 e. The molecule has 0 amide bonds. The predicted molar refractivity (Wildman–Crippen MR) is 62.9 cm³/mol. The summed E-state index contributed by atoms with van der Waals surface area (Å²) in [6.07, 6.45) is 0.